The second-order valence-electron chi connectivity index (χ2n) is 9.18. The van der Waals surface area contributed by atoms with Crippen LogP contribution in [0.4, 0.5) is 11.4 Å². The molecule has 0 aliphatic rings. The van der Waals surface area contributed by atoms with Gasteiger partial charge in [0.1, 0.15) is 0 Å². The fourth-order valence-electron chi connectivity index (χ4n) is 3.91. The maximum absolute atomic E-state index is 4.57. The zero-order valence-electron chi connectivity index (χ0n) is 19.5. The lowest BCUT2D eigenvalue weighted by Crippen LogP contribution is -2.32. The van der Waals surface area contributed by atoms with E-state index in [0.717, 1.165) is 11.4 Å². The van der Waals surface area contributed by atoms with E-state index in [-0.39, 0.29) is 11.1 Å². The highest BCUT2D eigenvalue weighted by Gasteiger charge is 2.27. The molecule has 0 amide bonds. The average molecular weight is 403 g/mol. The van der Waals surface area contributed by atoms with E-state index < -0.39 is 0 Å². The van der Waals surface area contributed by atoms with Gasteiger partial charge in [0.2, 0.25) is 0 Å². The first-order valence-electron chi connectivity index (χ1n) is 10.5. The summed E-state index contributed by atoms with van der Waals surface area (Å²) in [7, 11) is 0. The minimum Gasteiger partial charge on any atom is -0.374 e. The summed E-state index contributed by atoms with van der Waals surface area (Å²) >= 11 is 0. The van der Waals surface area contributed by atoms with Crippen LogP contribution in [0.2, 0.25) is 0 Å². The normalized spacial score (nSPS) is 12.0. The molecule has 0 fully saturated rings. The van der Waals surface area contributed by atoms with Crippen LogP contribution >= 0.6 is 0 Å². The van der Waals surface area contributed by atoms with Crippen molar-refractivity contribution < 1.29 is 0 Å². The molecule has 3 rings (SSSR count). The molecule has 0 spiro atoms. The summed E-state index contributed by atoms with van der Waals surface area (Å²) in [6, 6.07) is 12.1. The lowest BCUT2D eigenvalue weighted by molar-refractivity contribution is 0.583. The Morgan fingerprint density at radius 3 is 1.17 bits per heavy atom. The Kier molecular flexibility index (Phi) is 5.89. The zero-order valence-corrected chi connectivity index (χ0v) is 19.5. The molecule has 0 aliphatic heterocycles. The van der Waals surface area contributed by atoms with E-state index in [9.17, 15) is 0 Å². The third-order valence-corrected chi connectivity index (χ3v) is 6.11. The Bertz CT molecular complexity index is 908. The molecule has 2 N–H and O–H groups in total. The van der Waals surface area contributed by atoms with Crippen LogP contribution < -0.4 is 10.6 Å². The second-order valence-corrected chi connectivity index (χ2v) is 9.18. The van der Waals surface area contributed by atoms with E-state index >= 15 is 0 Å². The smallest absolute Gasteiger partial charge is 0.0739 e. The van der Waals surface area contributed by atoms with Crippen molar-refractivity contribution in [2.45, 2.75) is 66.5 Å². The van der Waals surface area contributed by atoms with Gasteiger partial charge in [-0.3, -0.25) is 9.97 Å². The van der Waals surface area contributed by atoms with Crippen LogP contribution in [0.5, 0.6) is 0 Å². The van der Waals surface area contributed by atoms with Gasteiger partial charge in [-0.2, -0.15) is 0 Å². The molecule has 0 radical (unpaired) electrons. The fraction of sp³-hybridized carbons (Fsp3) is 0.385. The van der Waals surface area contributed by atoms with Gasteiger partial charge >= 0.3 is 0 Å². The molecule has 0 bridgehead atoms. The van der Waals surface area contributed by atoms with Crippen LogP contribution in [-0.4, -0.2) is 9.97 Å². The fourth-order valence-corrected chi connectivity index (χ4v) is 3.91. The molecule has 4 nitrogen and oxygen atoms in total. The van der Waals surface area contributed by atoms with Crippen molar-refractivity contribution in [3.63, 3.8) is 0 Å². The number of nitrogens with zero attached hydrogens (tertiary/aromatic N) is 2. The van der Waals surface area contributed by atoms with Crippen molar-refractivity contribution in [3.8, 4) is 0 Å². The van der Waals surface area contributed by atoms with E-state index in [1.165, 1.54) is 33.6 Å². The SMILES string of the molecule is Cc1c(C)c(NC(C)(C)c2ccccn2)c(C)c(C)c1NC(C)(C)c1ccccn1. The summed E-state index contributed by atoms with van der Waals surface area (Å²) in [5.41, 5.74) is 8.86. The minimum atomic E-state index is -0.280. The molecule has 158 valence electrons. The number of hydrogen-bond acceptors (Lipinski definition) is 4. The van der Waals surface area contributed by atoms with Gasteiger partial charge in [0, 0.05) is 23.8 Å². The standard InChI is InChI=1S/C26H34N4/c1-17-18(2)24(30-26(7,8)22-14-10-12-16-28-22)20(4)19(3)23(17)29-25(5,6)21-13-9-11-15-27-21/h9-16,29-30H,1-8H3. The average Bonchev–Trinajstić information content (AvgIpc) is 2.74. The second kappa shape index (κ2) is 8.10. The first-order valence-corrected chi connectivity index (χ1v) is 10.5. The van der Waals surface area contributed by atoms with E-state index in [1.54, 1.807) is 0 Å². The van der Waals surface area contributed by atoms with Crippen molar-refractivity contribution in [1.82, 2.24) is 9.97 Å². The highest BCUT2D eigenvalue weighted by Crippen LogP contribution is 2.39. The molecule has 3 aromatic rings. The third kappa shape index (κ3) is 4.18. The molecule has 1 aromatic carbocycles. The van der Waals surface area contributed by atoms with Crippen LogP contribution in [0, 0.1) is 27.7 Å². The molecule has 2 heterocycles. The molecular weight excluding hydrogens is 368 g/mol. The molecule has 2 aromatic heterocycles. The predicted octanol–water partition coefficient (Wildman–Crippen LogP) is 6.40. The number of rotatable bonds is 6. The van der Waals surface area contributed by atoms with Crippen molar-refractivity contribution in [2.75, 3.05) is 10.6 Å². The van der Waals surface area contributed by atoms with Crippen LogP contribution in [-0.2, 0) is 11.1 Å². The lowest BCUT2D eigenvalue weighted by atomic mass is 9.91. The summed E-state index contributed by atoms with van der Waals surface area (Å²) in [4.78, 5) is 9.14. The molecular formula is C26H34N4. The topological polar surface area (TPSA) is 49.8 Å². The van der Waals surface area contributed by atoms with Gasteiger partial charge in [-0.1, -0.05) is 12.1 Å². The van der Waals surface area contributed by atoms with Crippen molar-refractivity contribution in [1.29, 1.82) is 0 Å². The number of anilines is 2. The van der Waals surface area contributed by atoms with E-state index in [0.29, 0.717) is 0 Å². The van der Waals surface area contributed by atoms with Gasteiger partial charge in [0.05, 0.1) is 22.5 Å². The van der Waals surface area contributed by atoms with E-state index in [2.05, 4.69) is 88.1 Å². The third-order valence-electron chi connectivity index (χ3n) is 6.11. The Balaban J connectivity index is 2.00. The Labute approximate surface area is 181 Å². The van der Waals surface area contributed by atoms with Gasteiger partial charge in [-0.05, 0) is 102 Å². The number of benzene rings is 1. The van der Waals surface area contributed by atoms with Gasteiger partial charge in [0.25, 0.3) is 0 Å². The maximum atomic E-state index is 4.57. The summed E-state index contributed by atoms with van der Waals surface area (Å²) in [6.07, 6.45) is 3.70. The highest BCUT2D eigenvalue weighted by atomic mass is 15.0. The van der Waals surface area contributed by atoms with Gasteiger partial charge in [-0.25, -0.2) is 0 Å². The Hall–Kier alpha value is -2.88. The van der Waals surface area contributed by atoms with E-state index in [1.807, 2.05) is 36.7 Å². The first-order chi connectivity index (χ1) is 14.0. The van der Waals surface area contributed by atoms with Crippen LogP contribution in [0.1, 0.15) is 61.3 Å². The highest BCUT2D eigenvalue weighted by molar-refractivity contribution is 5.74. The number of aromatic nitrogens is 2. The number of hydrogen-bond donors (Lipinski definition) is 2. The summed E-state index contributed by atoms with van der Waals surface area (Å²) in [5.74, 6) is 0. The number of nitrogens with one attached hydrogen (secondary N) is 2. The molecule has 0 saturated heterocycles. The molecule has 4 heteroatoms. The zero-order chi connectivity index (χ0) is 22.1. The van der Waals surface area contributed by atoms with Crippen LogP contribution in [0.25, 0.3) is 0 Å². The van der Waals surface area contributed by atoms with Crippen molar-refractivity contribution in [3.05, 3.63) is 82.4 Å². The van der Waals surface area contributed by atoms with Gasteiger partial charge in [-0.15, -0.1) is 0 Å². The Morgan fingerprint density at radius 2 is 0.900 bits per heavy atom. The van der Waals surface area contributed by atoms with Gasteiger partial charge < -0.3 is 10.6 Å². The molecule has 0 unspecified atom stereocenters. The predicted molar refractivity (Wildman–Crippen MR) is 127 cm³/mol. The summed E-state index contributed by atoms with van der Waals surface area (Å²) in [6.45, 7) is 17.5. The van der Waals surface area contributed by atoms with Crippen molar-refractivity contribution in [2.24, 2.45) is 0 Å². The molecule has 0 aliphatic carbocycles. The van der Waals surface area contributed by atoms with Crippen LogP contribution in [0.3, 0.4) is 0 Å². The summed E-state index contributed by atoms with van der Waals surface area (Å²) in [5, 5.41) is 7.54. The largest absolute Gasteiger partial charge is 0.374 e. The number of pyridine rings is 2. The van der Waals surface area contributed by atoms with Gasteiger partial charge in [0.15, 0.2) is 0 Å². The quantitative estimate of drug-likeness (QED) is 0.500. The van der Waals surface area contributed by atoms with E-state index in [4.69, 9.17) is 0 Å². The monoisotopic (exact) mass is 402 g/mol. The minimum absolute atomic E-state index is 0.280. The summed E-state index contributed by atoms with van der Waals surface area (Å²) < 4.78 is 0. The molecule has 0 saturated carbocycles. The first kappa shape index (κ1) is 21.8. The molecule has 0 atom stereocenters. The Morgan fingerprint density at radius 1 is 0.567 bits per heavy atom. The lowest BCUT2D eigenvalue weighted by Gasteiger charge is -2.33. The maximum Gasteiger partial charge on any atom is 0.0739 e. The van der Waals surface area contributed by atoms with Crippen molar-refractivity contribution >= 4 is 11.4 Å². The molecule has 30 heavy (non-hydrogen) atoms. The van der Waals surface area contributed by atoms with Crippen LogP contribution in [0.15, 0.2) is 48.8 Å².